The lowest BCUT2D eigenvalue weighted by molar-refractivity contribution is 0.0697. The van der Waals surface area contributed by atoms with Crippen LogP contribution in [0.25, 0.3) is 22.1 Å². The largest absolute Gasteiger partial charge is 0.478 e. The van der Waals surface area contributed by atoms with Gasteiger partial charge in [0.25, 0.3) is 0 Å². The molecule has 1 heterocycles. The molecule has 4 heteroatoms. The van der Waals surface area contributed by atoms with Crippen LogP contribution in [0.15, 0.2) is 45.5 Å². The molecule has 0 spiro atoms. The van der Waals surface area contributed by atoms with E-state index in [2.05, 4.69) is 36.7 Å². The Bertz CT molecular complexity index is 945. The van der Waals surface area contributed by atoms with Crippen LogP contribution in [-0.2, 0) is 5.41 Å². The van der Waals surface area contributed by atoms with Crippen molar-refractivity contribution in [2.45, 2.75) is 33.1 Å². The van der Waals surface area contributed by atoms with Gasteiger partial charge in [-0.1, -0.05) is 50.6 Å². The van der Waals surface area contributed by atoms with E-state index >= 15 is 0 Å². The lowest BCUT2D eigenvalue weighted by atomic mass is 9.81. The number of rotatable bonds is 2. The first kappa shape index (κ1) is 16.8. The topological polar surface area (TPSA) is 50.4 Å². The zero-order valence-corrected chi connectivity index (χ0v) is 15.7. The molecule has 0 atom stereocenters. The van der Waals surface area contributed by atoms with Crippen LogP contribution in [0.2, 0.25) is 0 Å². The third-order valence-electron chi connectivity index (χ3n) is 4.15. The second kappa shape index (κ2) is 5.78. The standard InChI is InChI=1S/C20H19BrO3/c1-11-8-9-12-14(10-11)18(21)24-17(12)16-13(19(22)23)6-5-7-15(16)20(2,3)4/h5-10H,1-4H3,(H,22,23). The van der Waals surface area contributed by atoms with Gasteiger partial charge in [0.2, 0.25) is 0 Å². The fourth-order valence-corrected chi connectivity index (χ4v) is 3.49. The highest BCUT2D eigenvalue weighted by Gasteiger charge is 2.27. The number of aromatic carboxylic acids is 1. The van der Waals surface area contributed by atoms with Crippen molar-refractivity contribution in [3.63, 3.8) is 0 Å². The Hall–Kier alpha value is -2.07. The molecule has 3 rings (SSSR count). The summed E-state index contributed by atoms with van der Waals surface area (Å²) in [5, 5.41) is 11.5. The van der Waals surface area contributed by atoms with Crippen LogP contribution in [0.1, 0.15) is 42.3 Å². The van der Waals surface area contributed by atoms with Crippen LogP contribution in [0.3, 0.4) is 0 Å². The Morgan fingerprint density at radius 2 is 1.83 bits per heavy atom. The van der Waals surface area contributed by atoms with Gasteiger partial charge in [0, 0.05) is 16.3 Å². The smallest absolute Gasteiger partial charge is 0.336 e. The number of hydrogen-bond acceptors (Lipinski definition) is 2. The highest BCUT2D eigenvalue weighted by atomic mass is 79.9. The summed E-state index contributed by atoms with van der Waals surface area (Å²) >= 11 is 3.47. The fraction of sp³-hybridized carbons (Fsp3) is 0.250. The molecule has 0 aliphatic carbocycles. The van der Waals surface area contributed by atoms with Crippen molar-refractivity contribution in [3.05, 3.63) is 57.8 Å². The summed E-state index contributed by atoms with van der Waals surface area (Å²) in [5.41, 5.74) is 2.77. The number of carboxylic acid groups (broad SMARTS) is 1. The van der Waals surface area contributed by atoms with Gasteiger partial charge in [0.05, 0.1) is 5.56 Å². The molecule has 0 amide bonds. The molecule has 0 aliphatic heterocycles. The molecule has 0 unspecified atom stereocenters. The number of benzene rings is 2. The Morgan fingerprint density at radius 3 is 2.46 bits per heavy atom. The minimum absolute atomic E-state index is 0.211. The van der Waals surface area contributed by atoms with Crippen LogP contribution < -0.4 is 0 Å². The quantitative estimate of drug-likeness (QED) is 0.572. The van der Waals surface area contributed by atoms with Gasteiger partial charge in [-0.05, 0) is 46.0 Å². The molecule has 2 aromatic carbocycles. The molecule has 0 fully saturated rings. The van der Waals surface area contributed by atoms with Gasteiger partial charge < -0.3 is 9.52 Å². The number of furan rings is 1. The van der Waals surface area contributed by atoms with Crippen molar-refractivity contribution in [1.82, 2.24) is 0 Å². The molecule has 124 valence electrons. The third kappa shape index (κ3) is 2.75. The Morgan fingerprint density at radius 1 is 1.12 bits per heavy atom. The Balaban J connectivity index is 2.44. The van der Waals surface area contributed by atoms with Gasteiger partial charge in [-0.25, -0.2) is 4.79 Å². The van der Waals surface area contributed by atoms with E-state index in [9.17, 15) is 9.90 Å². The van der Waals surface area contributed by atoms with E-state index in [1.54, 1.807) is 12.1 Å². The second-order valence-corrected chi connectivity index (χ2v) is 7.76. The third-order valence-corrected chi connectivity index (χ3v) is 4.74. The van der Waals surface area contributed by atoms with Gasteiger partial charge in [-0.15, -0.1) is 0 Å². The molecule has 0 radical (unpaired) electrons. The first-order valence-corrected chi connectivity index (χ1v) is 8.55. The molecular weight excluding hydrogens is 368 g/mol. The molecule has 0 saturated heterocycles. The van der Waals surface area contributed by atoms with Crippen LogP contribution in [0.5, 0.6) is 0 Å². The van der Waals surface area contributed by atoms with Crippen molar-refractivity contribution in [2.24, 2.45) is 0 Å². The van der Waals surface area contributed by atoms with Gasteiger partial charge >= 0.3 is 5.97 Å². The minimum atomic E-state index is -0.955. The number of carboxylic acids is 1. The van der Waals surface area contributed by atoms with Crippen LogP contribution in [0.4, 0.5) is 0 Å². The van der Waals surface area contributed by atoms with Gasteiger partial charge in [0.15, 0.2) is 4.67 Å². The maximum atomic E-state index is 11.8. The Labute approximate surface area is 149 Å². The predicted octanol–water partition coefficient (Wildman–Crippen LogP) is 6.17. The van der Waals surface area contributed by atoms with E-state index in [0.29, 0.717) is 16.0 Å². The zero-order chi connectivity index (χ0) is 17.6. The summed E-state index contributed by atoms with van der Waals surface area (Å²) in [6.45, 7) is 8.23. The summed E-state index contributed by atoms with van der Waals surface area (Å²) < 4.78 is 6.61. The normalized spacial score (nSPS) is 11.9. The van der Waals surface area contributed by atoms with E-state index in [1.165, 1.54) is 0 Å². The number of halogens is 1. The molecule has 3 nitrogen and oxygen atoms in total. The van der Waals surface area contributed by atoms with Crippen molar-refractivity contribution in [2.75, 3.05) is 0 Å². The van der Waals surface area contributed by atoms with Gasteiger partial charge in [-0.3, -0.25) is 0 Å². The van der Waals surface area contributed by atoms with Gasteiger partial charge in [-0.2, -0.15) is 0 Å². The lowest BCUT2D eigenvalue weighted by Crippen LogP contribution is -2.15. The molecular formula is C20H19BrO3. The van der Waals surface area contributed by atoms with E-state index in [1.807, 2.05) is 31.2 Å². The maximum absolute atomic E-state index is 11.8. The molecule has 0 bridgehead atoms. The van der Waals surface area contributed by atoms with E-state index in [4.69, 9.17) is 4.42 Å². The summed E-state index contributed by atoms with van der Waals surface area (Å²) in [7, 11) is 0. The molecule has 0 aliphatic rings. The summed E-state index contributed by atoms with van der Waals surface area (Å²) in [6, 6.07) is 11.4. The van der Waals surface area contributed by atoms with E-state index < -0.39 is 5.97 Å². The first-order valence-electron chi connectivity index (χ1n) is 7.76. The van der Waals surface area contributed by atoms with Crippen molar-refractivity contribution >= 4 is 32.7 Å². The minimum Gasteiger partial charge on any atom is -0.478 e. The zero-order valence-electron chi connectivity index (χ0n) is 14.1. The SMILES string of the molecule is Cc1ccc2c(-c3c(C(=O)O)cccc3C(C)(C)C)oc(Br)c2c1. The number of hydrogen-bond donors (Lipinski definition) is 1. The van der Waals surface area contributed by atoms with E-state index in [0.717, 1.165) is 21.9 Å². The monoisotopic (exact) mass is 386 g/mol. The highest BCUT2D eigenvalue weighted by molar-refractivity contribution is 9.10. The summed E-state index contributed by atoms with van der Waals surface area (Å²) in [6.07, 6.45) is 0. The summed E-state index contributed by atoms with van der Waals surface area (Å²) in [5.74, 6) is -0.358. The summed E-state index contributed by atoms with van der Waals surface area (Å²) in [4.78, 5) is 11.8. The predicted molar refractivity (Wildman–Crippen MR) is 99.7 cm³/mol. The molecule has 1 aromatic heterocycles. The van der Waals surface area contributed by atoms with Crippen molar-refractivity contribution in [3.8, 4) is 11.3 Å². The van der Waals surface area contributed by atoms with Gasteiger partial charge in [0.1, 0.15) is 5.76 Å². The van der Waals surface area contributed by atoms with Crippen LogP contribution in [-0.4, -0.2) is 11.1 Å². The number of aryl methyl sites for hydroxylation is 1. The second-order valence-electron chi connectivity index (χ2n) is 7.04. The highest BCUT2D eigenvalue weighted by Crippen LogP contribution is 2.43. The molecule has 0 saturated carbocycles. The average Bonchev–Trinajstić information content (AvgIpc) is 2.82. The van der Waals surface area contributed by atoms with Crippen LogP contribution >= 0.6 is 15.9 Å². The van der Waals surface area contributed by atoms with Crippen molar-refractivity contribution in [1.29, 1.82) is 0 Å². The number of fused-ring (bicyclic) bond motifs is 1. The first-order chi connectivity index (χ1) is 11.2. The fourth-order valence-electron chi connectivity index (χ4n) is 3.00. The lowest BCUT2D eigenvalue weighted by Gasteiger charge is -2.23. The Kier molecular flexibility index (Phi) is 4.04. The molecule has 1 N–H and O–H groups in total. The van der Waals surface area contributed by atoms with E-state index in [-0.39, 0.29) is 11.0 Å². The van der Waals surface area contributed by atoms with Crippen LogP contribution in [0, 0.1) is 6.92 Å². The molecule has 3 aromatic rings. The maximum Gasteiger partial charge on any atom is 0.336 e. The number of carbonyl (C=O) groups is 1. The molecule has 24 heavy (non-hydrogen) atoms. The van der Waals surface area contributed by atoms with Crippen molar-refractivity contribution < 1.29 is 14.3 Å². The average molecular weight is 387 g/mol.